The molecule has 2 aromatic rings. The van der Waals surface area contributed by atoms with Crippen LogP contribution in [-0.4, -0.2) is 22.8 Å². The Morgan fingerprint density at radius 3 is 2.33 bits per heavy atom. The van der Waals surface area contributed by atoms with Gasteiger partial charge in [0.2, 0.25) is 0 Å². The maximum Gasteiger partial charge on any atom is 0.364 e. The van der Waals surface area contributed by atoms with Crippen molar-refractivity contribution in [2.24, 2.45) is 0 Å². The van der Waals surface area contributed by atoms with E-state index in [4.69, 9.17) is 10.1 Å². The number of nitrogens with zero attached hydrogens (tertiary/aromatic N) is 2. The lowest BCUT2D eigenvalue weighted by Crippen LogP contribution is -2.32. The standard InChI is InChI=1S/C14H6N2O4S/c15-6-9-5-8(7-21-9)14(19)20-16-12(17)10-3-1-2-4-11(10)13(16)18/h1-5,7H. The molecular weight excluding hydrogens is 292 g/mol. The Hall–Kier alpha value is -2.98. The monoisotopic (exact) mass is 298 g/mol. The summed E-state index contributed by atoms with van der Waals surface area (Å²) in [5.41, 5.74) is 0.504. The molecule has 0 saturated carbocycles. The summed E-state index contributed by atoms with van der Waals surface area (Å²) < 4.78 is 0. The van der Waals surface area contributed by atoms with Crippen LogP contribution in [0.1, 0.15) is 36.0 Å². The van der Waals surface area contributed by atoms with Crippen molar-refractivity contribution < 1.29 is 19.2 Å². The van der Waals surface area contributed by atoms with E-state index >= 15 is 0 Å². The van der Waals surface area contributed by atoms with Crippen molar-refractivity contribution in [2.75, 3.05) is 0 Å². The van der Waals surface area contributed by atoms with Crippen LogP contribution in [0, 0.1) is 11.3 Å². The van der Waals surface area contributed by atoms with Crippen molar-refractivity contribution >= 4 is 29.1 Å². The molecule has 1 aliphatic rings. The lowest BCUT2D eigenvalue weighted by atomic mass is 10.1. The van der Waals surface area contributed by atoms with Gasteiger partial charge in [-0.15, -0.1) is 11.3 Å². The molecule has 2 amide bonds. The zero-order valence-corrected chi connectivity index (χ0v) is 11.2. The third kappa shape index (κ3) is 2.07. The van der Waals surface area contributed by atoms with E-state index < -0.39 is 17.8 Å². The first kappa shape index (κ1) is 13.0. The highest BCUT2D eigenvalue weighted by Crippen LogP contribution is 2.24. The summed E-state index contributed by atoms with van der Waals surface area (Å²) in [7, 11) is 0. The van der Waals surface area contributed by atoms with Crippen molar-refractivity contribution in [3.8, 4) is 6.07 Å². The smallest absolute Gasteiger partial charge is 0.324 e. The molecule has 0 N–H and O–H groups in total. The maximum atomic E-state index is 12.0. The Balaban J connectivity index is 1.84. The van der Waals surface area contributed by atoms with Crippen LogP contribution in [0.2, 0.25) is 0 Å². The van der Waals surface area contributed by atoms with E-state index in [1.54, 1.807) is 12.1 Å². The van der Waals surface area contributed by atoms with Crippen molar-refractivity contribution in [3.05, 3.63) is 57.3 Å². The van der Waals surface area contributed by atoms with Gasteiger partial charge < -0.3 is 4.84 Å². The fourth-order valence-electron chi connectivity index (χ4n) is 1.89. The lowest BCUT2D eigenvalue weighted by molar-refractivity contribution is -0.0584. The number of amides is 2. The molecule has 0 unspecified atom stereocenters. The van der Waals surface area contributed by atoms with Gasteiger partial charge in [0.15, 0.2) is 0 Å². The summed E-state index contributed by atoms with van der Waals surface area (Å²) in [5.74, 6) is -2.22. The molecule has 2 heterocycles. The normalized spacial score (nSPS) is 13.0. The van der Waals surface area contributed by atoms with E-state index in [0.29, 0.717) is 9.94 Å². The number of hydrogen-bond acceptors (Lipinski definition) is 6. The molecular formula is C14H6N2O4S. The van der Waals surface area contributed by atoms with Crippen LogP contribution in [-0.2, 0) is 4.84 Å². The molecule has 21 heavy (non-hydrogen) atoms. The summed E-state index contributed by atoms with van der Waals surface area (Å²) >= 11 is 1.07. The van der Waals surface area contributed by atoms with Crippen molar-refractivity contribution in [1.29, 1.82) is 5.26 Å². The summed E-state index contributed by atoms with van der Waals surface area (Å²) in [6, 6.07) is 9.44. The zero-order chi connectivity index (χ0) is 15.0. The van der Waals surface area contributed by atoms with E-state index in [1.807, 2.05) is 6.07 Å². The van der Waals surface area contributed by atoms with Gasteiger partial charge in [-0.1, -0.05) is 17.2 Å². The second-order valence-electron chi connectivity index (χ2n) is 4.14. The third-order valence-corrected chi connectivity index (χ3v) is 3.71. The van der Waals surface area contributed by atoms with Gasteiger partial charge in [0, 0.05) is 5.38 Å². The molecule has 3 rings (SSSR count). The topological polar surface area (TPSA) is 87.5 Å². The Morgan fingerprint density at radius 2 is 1.81 bits per heavy atom. The van der Waals surface area contributed by atoms with Gasteiger partial charge in [-0.05, 0) is 18.2 Å². The molecule has 102 valence electrons. The second kappa shape index (κ2) is 4.85. The van der Waals surface area contributed by atoms with Crippen molar-refractivity contribution in [2.45, 2.75) is 0 Å². The minimum Gasteiger partial charge on any atom is -0.324 e. The van der Waals surface area contributed by atoms with Crippen molar-refractivity contribution in [3.63, 3.8) is 0 Å². The number of thiophene rings is 1. The highest BCUT2D eigenvalue weighted by atomic mass is 32.1. The fourth-order valence-corrected chi connectivity index (χ4v) is 2.55. The summed E-state index contributed by atoms with van der Waals surface area (Å²) in [4.78, 5) is 41.1. The average Bonchev–Trinajstić information content (AvgIpc) is 3.07. The van der Waals surface area contributed by atoms with Crippen LogP contribution in [0.25, 0.3) is 0 Å². The van der Waals surface area contributed by atoms with Crippen LogP contribution >= 0.6 is 11.3 Å². The number of nitriles is 1. The molecule has 1 aliphatic heterocycles. The molecule has 0 saturated heterocycles. The molecule has 0 spiro atoms. The van der Waals surface area contributed by atoms with Crippen LogP contribution in [0.5, 0.6) is 0 Å². The van der Waals surface area contributed by atoms with Crippen LogP contribution in [0.4, 0.5) is 0 Å². The first-order valence-corrected chi connectivity index (χ1v) is 6.68. The van der Waals surface area contributed by atoms with E-state index in [2.05, 4.69) is 0 Å². The number of carbonyl (C=O) groups excluding carboxylic acids is 3. The fraction of sp³-hybridized carbons (Fsp3) is 0. The Kier molecular flexibility index (Phi) is 3.01. The Morgan fingerprint density at radius 1 is 1.19 bits per heavy atom. The highest BCUT2D eigenvalue weighted by Gasteiger charge is 2.38. The predicted molar refractivity (Wildman–Crippen MR) is 71.4 cm³/mol. The number of fused-ring (bicyclic) bond motifs is 1. The Bertz CT molecular complexity index is 783. The number of benzene rings is 1. The van der Waals surface area contributed by atoms with E-state index in [9.17, 15) is 14.4 Å². The number of carbonyl (C=O) groups is 3. The summed E-state index contributed by atoms with van der Waals surface area (Å²) in [5, 5.41) is 10.6. The summed E-state index contributed by atoms with van der Waals surface area (Å²) in [6.45, 7) is 0. The number of hydroxylamine groups is 2. The molecule has 0 bridgehead atoms. The summed E-state index contributed by atoms with van der Waals surface area (Å²) in [6.07, 6.45) is 0. The number of hydrogen-bond donors (Lipinski definition) is 0. The van der Waals surface area contributed by atoms with Gasteiger partial charge in [-0.25, -0.2) is 4.79 Å². The molecule has 1 aromatic carbocycles. The largest absolute Gasteiger partial charge is 0.364 e. The van der Waals surface area contributed by atoms with Crippen LogP contribution in [0.15, 0.2) is 35.7 Å². The molecule has 7 heteroatoms. The zero-order valence-electron chi connectivity index (χ0n) is 10.4. The lowest BCUT2D eigenvalue weighted by Gasteiger charge is -2.11. The second-order valence-corrected chi connectivity index (χ2v) is 5.05. The maximum absolute atomic E-state index is 12.0. The molecule has 0 fully saturated rings. The molecule has 0 aliphatic carbocycles. The predicted octanol–water partition coefficient (Wildman–Crippen LogP) is 1.99. The SMILES string of the molecule is N#Cc1cc(C(=O)ON2C(=O)c3ccccc3C2=O)cs1. The quantitative estimate of drug-likeness (QED) is 0.791. The minimum atomic E-state index is -0.859. The molecule has 1 aromatic heterocycles. The Labute approximate surface area is 122 Å². The van der Waals surface area contributed by atoms with Crippen LogP contribution < -0.4 is 0 Å². The van der Waals surface area contributed by atoms with E-state index in [0.717, 1.165) is 11.3 Å². The van der Waals surface area contributed by atoms with Crippen LogP contribution in [0.3, 0.4) is 0 Å². The first-order chi connectivity index (χ1) is 10.1. The number of imide groups is 1. The van der Waals surface area contributed by atoms with Gasteiger partial charge in [0.05, 0.1) is 16.7 Å². The number of rotatable bonds is 2. The van der Waals surface area contributed by atoms with Gasteiger partial charge >= 0.3 is 5.97 Å². The molecule has 6 nitrogen and oxygen atoms in total. The first-order valence-electron chi connectivity index (χ1n) is 5.80. The molecule has 0 atom stereocenters. The average molecular weight is 298 g/mol. The van der Waals surface area contributed by atoms with Gasteiger partial charge in [-0.2, -0.15) is 5.26 Å². The van der Waals surface area contributed by atoms with Gasteiger partial charge in [0.1, 0.15) is 10.9 Å². The van der Waals surface area contributed by atoms with E-state index in [-0.39, 0.29) is 16.7 Å². The third-order valence-electron chi connectivity index (χ3n) is 2.88. The van der Waals surface area contributed by atoms with Gasteiger partial charge in [-0.3, -0.25) is 9.59 Å². The van der Waals surface area contributed by atoms with E-state index in [1.165, 1.54) is 23.6 Å². The van der Waals surface area contributed by atoms with Crippen molar-refractivity contribution in [1.82, 2.24) is 5.06 Å². The highest BCUT2D eigenvalue weighted by molar-refractivity contribution is 7.10. The van der Waals surface area contributed by atoms with Gasteiger partial charge in [0.25, 0.3) is 11.8 Å². The molecule has 0 radical (unpaired) electrons. The minimum absolute atomic E-state index is 0.119.